The smallest absolute Gasteiger partial charge is 0.323 e. The summed E-state index contributed by atoms with van der Waals surface area (Å²) in [6, 6.07) is 15.7. The molecule has 4 rings (SSSR count). The second-order valence-electron chi connectivity index (χ2n) is 8.54. The average molecular weight is 565 g/mol. The predicted molar refractivity (Wildman–Crippen MR) is 155 cm³/mol. The second kappa shape index (κ2) is 12.6. The third-order valence-electron chi connectivity index (χ3n) is 5.77. The first-order chi connectivity index (χ1) is 18.8. The number of aryl methyl sites for hydroxylation is 1. The Kier molecular flexibility index (Phi) is 8.96. The van der Waals surface area contributed by atoms with Crippen molar-refractivity contribution in [2.24, 2.45) is 0 Å². The van der Waals surface area contributed by atoms with Crippen molar-refractivity contribution in [2.45, 2.75) is 26.8 Å². The van der Waals surface area contributed by atoms with E-state index >= 15 is 0 Å². The molecule has 0 unspecified atom stereocenters. The van der Waals surface area contributed by atoms with Gasteiger partial charge in [-0.1, -0.05) is 60.5 Å². The quantitative estimate of drug-likeness (QED) is 0.239. The summed E-state index contributed by atoms with van der Waals surface area (Å²) in [4.78, 5) is 41.9. The molecule has 2 heterocycles. The SMILES string of the molecule is CCCNC(=O)c1cccc(-c2cccc(-c3cc(NC(=O)Nc4c(Cl)cncc4Cl)c(=O)n(CC)n3)c2)c1. The van der Waals surface area contributed by atoms with Gasteiger partial charge in [-0.3, -0.25) is 14.6 Å². The van der Waals surface area contributed by atoms with Crippen LogP contribution in [-0.2, 0) is 6.54 Å². The van der Waals surface area contributed by atoms with Crippen LogP contribution in [0.3, 0.4) is 0 Å². The van der Waals surface area contributed by atoms with E-state index in [9.17, 15) is 14.4 Å². The number of pyridine rings is 1. The molecule has 0 saturated carbocycles. The van der Waals surface area contributed by atoms with Crippen LogP contribution in [0.15, 0.2) is 71.8 Å². The first kappa shape index (κ1) is 27.8. The maximum Gasteiger partial charge on any atom is 0.323 e. The molecule has 39 heavy (non-hydrogen) atoms. The Morgan fingerprint density at radius 3 is 2.26 bits per heavy atom. The molecule has 0 bridgehead atoms. The van der Waals surface area contributed by atoms with Crippen LogP contribution in [0.2, 0.25) is 10.0 Å². The molecular formula is C28H26Cl2N6O3. The largest absolute Gasteiger partial charge is 0.352 e. The van der Waals surface area contributed by atoms with E-state index in [1.165, 1.54) is 23.1 Å². The van der Waals surface area contributed by atoms with Crippen LogP contribution in [0.1, 0.15) is 30.6 Å². The van der Waals surface area contributed by atoms with Gasteiger partial charge in [0.1, 0.15) is 5.69 Å². The lowest BCUT2D eigenvalue weighted by atomic mass is 9.99. The fraction of sp³-hybridized carbons (Fsp3) is 0.179. The number of carbonyl (C=O) groups is 2. The number of benzene rings is 2. The van der Waals surface area contributed by atoms with Gasteiger partial charge in [-0.2, -0.15) is 5.10 Å². The van der Waals surface area contributed by atoms with E-state index < -0.39 is 11.6 Å². The van der Waals surface area contributed by atoms with Crippen molar-refractivity contribution >= 4 is 46.5 Å². The fourth-order valence-corrected chi connectivity index (χ4v) is 4.28. The minimum atomic E-state index is -0.700. The average Bonchev–Trinajstić information content (AvgIpc) is 2.95. The van der Waals surface area contributed by atoms with Crippen molar-refractivity contribution in [1.82, 2.24) is 20.1 Å². The Balaban J connectivity index is 1.64. The molecule has 11 heteroatoms. The van der Waals surface area contributed by atoms with Crippen LogP contribution in [0.4, 0.5) is 16.2 Å². The van der Waals surface area contributed by atoms with Gasteiger partial charge in [0.2, 0.25) is 0 Å². The molecule has 0 aliphatic rings. The highest BCUT2D eigenvalue weighted by molar-refractivity contribution is 6.39. The third kappa shape index (κ3) is 6.63. The third-order valence-corrected chi connectivity index (χ3v) is 6.34. The lowest BCUT2D eigenvalue weighted by molar-refractivity contribution is 0.0953. The first-order valence-electron chi connectivity index (χ1n) is 12.3. The maximum absolute atomic E-state index is 12.9. The van der Waals surface area contributed by atoms with Gasteiger partial charge in [0.25, 0.3) is 11.5 Å². The van der Waals surface area contributed by atoms with Gasteiger partial charge in [0.15, 0.2) is 0 Å². The maximum atomic E-state index is 12.9. The van der Waals surface area contributed by atoms with Crippen LogP contribution < -0.4 is 21.5 Å². The van der Waals surface area contributed by atoms with E-state index in [0.29, 0.717) is 24.3 Å². The standard InChI is InChI=1S/C28H26Cl2N6O3/c1-3-11-32-26(37)20-10-6-8-18(13-20)17-7-5-9-19(12-17)23-14-24(27(38)36(4-2)35-23)33-28(39)34-25-21(29)15-31-16-22(25)30/h5-10,12-16H,3-4,11H2,1-2H3,(H,32,37)(H2,31,33,34,39). The molecule has 0 atom stereocenters. The van der Waals surface area contributed by atoms with Crippen LogP contribution in [0.5, 0.6) is 0 Å². The number of nitrogens with one attached hydrogen (secondary N) is 3. The highest BCUT2D eigenvalue weighted by Gasteiger charge is 2.15. The van der Waals surface area contributed by atoms with Gasteiger partial charge in [-0.05, 0) is 48.7 Å². The molecule has 0 aliphatic heterocycles. The Morgan fingerprint density at radius 1 is 0.897 bits per heavy atom. The van der Waals surface area contributed by atoms with E-state index in [0.717, 1.165) is 23.1 Å². The zero-order chi connectivity index (χ0) is 27.9. The van der Waals surface area contributed by atoms with E-state index in [1.54, 1.807) is 13.0 Å². The summed E-state index contributed by atoms with van der Waals surface area (Å²) in [5.74, 6) is -0.130. The second-order valence-corrected chi connectivity index (χ2v) is 9.35. The summed E-state index contributed by atoms with van der Waals surface area (Å²) < 4.78 is 1.27. The monoisotopic (exact) mass is 564 g/mol. The number of aromatic nitrogens is 3. The van der Waals surface area contributed by atoms with Crippen molar-refractivity contribution in [3.63, 3.8) is 0 Å². The molecule has 0 saturated heterocycles. The first-order valence-corrected chi connectivity index (χ1v) is 13.0. The van der Waals surface area contributed by atoms with Crippen molar-refractivity contribution < 1.29 is 9.59 Å². The predicted octanol–water partition coefficient (Wildman–Crippen LogP) is 6.08. The normalized spacial score (nSPS) is 10.7. The number of carbonyl (C=O) groups excluding carboxylic acids is 2. The Bertz CT molecular complexity index is 1570. The van der Waals surface area contributed by atoms with E-state index in [-0.39, 0.29) is 27.3 Å². The summed E-state index contributed by atoms with van der Waals surface area (Å²) in [5.41, 5.74) is 3.22. The molecule has 4 aromatic rings. The van der Waals surface area contributed by atoms with Crippen LogP contribution in [0.25, 0.3) is 22.4 Å². The van der Waals surface area contributed by atoms with Crippen molar-refractivity contribution in [1.29, 1.82) is 0 Å². The van der Waals surface area contributed by atoms with Crippen molar-refractivity contribution in [2.75, 3.05) is 17.2 Å². The van der Waals surface area contributed by atoms with Gasteiger partial charge in [-0.15, -0.1) is 0 Å². The highest BCUT2D eigenvalue weighted by atomic mass is 35.5. The van der Waals surface area contributed by atoms with Gasteiger partial charge in [0.05, 0.1) is 21.4 Å². The topological polar surface area (TPSA) is 118 Å². The molecular weight excluding hydrogens is 539 g/mol. The summed E-state index contributed by atoms with van der Waals surface area (Å²) in [5, 5.41) is 12.8. The highest BCUT2D eigenvalue weighted by Crippen LogP contribution is 2.29. The molecule has 0 radical (unpaired) electrons. The van der Waals surface area contributed by atoms with Gasteiger partial charge >= 0.3 is 6.03 Å². The summed E-state index contributed by atoms with van der Waals surface area (Å²) in [7, 11) is 0. The Labute approximate surface area is 235 Å². The molecule has 2 aromatic carbocycles. The van der Waals surface area contributed by atoms with Crippen molar-refractivity contribution in [3.8, 4) is 22.4 Å². The molecule has 3 N–H and O–H groups in total. The number of anilines is 2. The molecule has 9 nitrogen and oxygen atoms in total. The van der Waals surface area contributed by atoms with Crippen molar-refractivity contribution in [3.05, 3.63) is 93.0 Å². The van der Waals surface area contributed by atoms with E-state index in [2.05, 4.69) is 26.0 Å². The minimum Gasteiger partial charge on any atom is -0.352 e. The van der Waals surface area contributed by atoms with E-state index in [1.807, 2.05) is 49.4 Å². The number of hydrogen-bond acceptors (Lipinski definition) is 5. The fourth-order valence-electron chi connectivity index (χ4n) is 3.82. The lowest BCUT2D eigenvalue weighted by Crippen LogP contribution is -2.29. The number of urea groups is 1. The zero-order valence-corrected chi connectivity index (χ0v) is 22.8. The number of amides is 3. The zero-order valence-electron chi connectivity index (χ0n) is 21.3. The number of halogens is 2. The molecule has 3 amide bonds. The molecule has 2 aromatic heterocycles. The van der Waals surface area contributed by atoms with Crippen LogP contribution in [0, 0.1) is 0 Å². The lowest BCUT2D eigenvalue weighted by Gasteiger charge is -2.13. The molecule has 200 valence electrons. The van der Waals surface area contributed by atoms with Gasteiger partial charge in [0, 0.05) is 36.6 Å². The Hall–Kier alpha value is -4.21. The summed E-state index contributed by atoms with van der Waals surface area (Å²) in [6.07, 6.45) is 3.54. The summed E-state index contributed by atoms with van der Waals surface area (Å²) >= 11 is 12.2. The molecule has 0 fully saturated rings. The molecule has 0 spiro atoms. The summed E-state index contributed by atoms with van der Waals surface area (Å²) in [6.45, 7) is 4.68. The number of hydrogen-bond donors (Lipinski definition) is 3. The van der Waals surface area contributed by atoms with Gasteiger partial charge < -0.3 is 16.0 Å². The minimum absolute atomic E-state index is 0.0284. The van der Waals surface area contributed by atoms with Crippen LogP contribution in [-0.4, -0.2) is 33.2 Å². The number of rotatable bonds is 8. The van der Waals surface area contributed by atoms with Gasteiger partial charge in [-0.25, -0.2) is 9.48 Å². The molecule has 0 aliphatic carbocycles. The number of nitrogens with zero attached hydrogens (tertiary/aromatic N) is 3. The van der Waals surface area contributed by atoms with E-state index in [4.69, 9.17) is 23.2 Å². The Morgan fingerprint density at radius 2 is 1.56 bits per heavy atom. The van der Waals surface area contributed by atoms with Crippen LogP contribution >= 0.6 is 23.2 Å².